The summed E-state index contributed by atoms with van der Waals surface area (Å²) in [6, 6.07) is 0. The summed E-state index contributed by atoms with van der Waals surface area (Å²) in [5.41, 5.74) is 0.569. The third-order valence-electron chi connectivity index (χ3n) is 2.08. The van der Waals surface area contributed by atoms with E-state index in [0.717, 1.165) is 12.0 Å². The van der Waals surface area contributed by atoms with Gasteiger partial charge in [0.2, 0.25) is 0 Å². The van der Waals surface area contributed by atoms with Gasteiger partial charge < -0.3 is 10.1 Å². The van der Waals surface area contributed by atoms with Crippen LogP contribution in [0.5, 0.6) is 0 Å². The quantitative estimate of drug-likeness (QED) is 0.741. The number of hydrogen-bond acceptors (Lipinski definition) is 2. The Morgan fingerprint density at radius 3 is 2.53 bits per heavy atom. The van der Waals surface area contributed by atoms with Crippen LogP contribution in [0.1, 0.15) is 42.5 Å². The molecule has 3 heteroatoms. The average molecular weight is 241 g/mol. The fraction of sp³-hybridized carbons (Fsp3) is 0.643. The molecule has 0 radical (unpaired) electrons. The number of rotatable bonds is 5. The molecule has 1 unspecified atom stereocenters. The molecule has 0 heterocycles. The standard InChI is InChI=1S/C14H25NO2.H2/c1-7-12(9-8-11(2)3)10-15-13(16)17-14(4,5)6;/h8-9,12H,2,7,10H2,1,3-6H3,(H,15,16);1H/b9-8-;. The monoisotopic (exact) mass is 241 g/mol. The molecule has 17 heavy (non-hydrogen) atoms. The van der Waals surface area contributed by atoms with Crippen LogP contribution in [0.4, 0.5) is 4.79 Å². The highest BCUT2D eigenvalue weighted by Gasteiger charge is 2.16. The Balaban J connectivity index is 0. The van der Waals surface area contributed by atoms with Gasteiger partial charge in [0.05, 0.1) is 0 Å². The van der Waals surface area contributed by atoms with E-state index in [-0.39, 0.29) is 7.52 Å². The zero-order valence-electron chi connectivity index (χ0n) is 11.7. The lowest BCUT2D eigenvalue weighted by Gasteiger charge is -2.20. The first-order valence-corrected chi connectivity index (χ1v) is 6.05. The first kappa shape index (κ1) is 15.8. The second-order valence-corrected chi connectivity index (χ2v) is 5.26. The van der Waals surface area contributed by atoms with Gasteiger partial charge in [0.1, 0.15) is 5.60 Å². The van der Waals surface area contributed by atoms with Crippen LogP contribution in [-0.4, -0.2) is 18.2 Å². The molecule has 0 rings (SSSR count). The van der Waals surface area contributed by atoms with E-state index in [1.807, 2.05) is 33.8 Å². The highest BCUT2D eigenvalue weighted by atomic mass is 16.6. The molecule has 0 aromatic carbocycles. The molecule has 1 amide bonds. The van der Waals surface area contributed by atoms with Crippen LogP contribution in [0.3, 0.4) is 0 Å². The second-order valence-electron chi connectivity index (χ2n) is 5.26. The van der Waals surface area contributed by atoms with E-state index >= 15 is 0 Å². The lowest BCUT2D eigenvalue weighted by Crippen LogP contribution is -2.34. The van der Waals surface area contributed by atoms with Crippen molar-refractivity contribution in [1.82, 2.24) is 5.32 Å². The highest BCUT2D eigenvalue weighted by molar-refractivity contribution is 5.67. The smallest absolute Gasteiger partial charge is 0.407 e. The van der Waals surface area contributed by atoms with E-state index in [2.05, 4.69) is 24.9 Å². The van der Waals surface area contributed by atoms with Crippen molar-refractivity contribution in [2.24, 2.45) is 5.92 Å². The zero-order valence-corrected chi connectivity index (χ0v) is 11.7. The van der Waals surface area contributed by atoms with Gasteiger partial charge in [-0.15, -0.1) is 0 Å². The summed E-state index contributed by atoms with van der Waals surface area (Å²) in [6.07, 6.45) is 4.66. The zero-order chi connectivity index (χ0) is 13.5. The molecule has 1 atom stereocenters. The maximum Gasteiger partial charge on any atom is 0.407 e. The molecular formula is C14H27NO2. The largest absolute Gasteiger partial charge is 0.444 e. The summed E-state index contributed by atoms with van der Waals surface area (Å²) >= 11 is 0. The molecular weight excluding hydrogens is 214 g/mol. The van der Waals surface area contributed by atoms with Crippen LogP contribution < -0.4 is 5.32 Å². The van der Waals surface area contributed by atoms with E-state index in [0.29, 0.717) is 12.5 Å². The highest BCUT2D eigenvalue weighted by Crippen LogP contribution is 2.08. The van der Waals surface area contributed by atoms with Crippen LogP contribution >= 0.6 is 0 Å². The van der Waals surface area contributed by atoms with Crippen LogP contribution in [-0.2, 0) is 4.74 Å². The number of hydrogen-bond donors (Lipinski definition) is 1. The summed E-state index contributed by atoms with van der Waals surface area (Å²) in [6.45, 7) is 14.0. The summed E-state index contributed by atoms with van der Waals surface area (Å²) in [5.74, 6) is 0.319. The topological polar surface area (TPSA) is 38.3 Å². The van der Waals surface area contributed by atoms with Crippen molar-refractivity contribution in [2.75, 3.05) is 6.54 Å². The van der Waals surface area contributed by atoms with Gasteiger partial charge in [-0.2, -0.15) is 0 Å². The summed E-state index contributed by atoms with van der Waals surface area (Å²) in [7, 11) is 0. The minimum atomic E-state index is -0.445. The number of amides is 1. The van der Waals surface area contributed by atoms with Crippen molar-refractivity contribution in [1.29, 1.82) is 0 Å². The van der Waals surface area contributed by atoms with E-state index in [4.69, 9.17) is 4.74 Å². The van der Waals surface area contributed by atoms with Gasteiger partial charge in [-0.05, 0) is 40.0 Å². The number of allylic oxidation sites excluding steroid dienone is 2. The minimum absolute atomic E-state index is 0. The van der Waals surface area contributed by atoms with Gasteiger partial charge in [0, 0.05) is 7.97 Å². The van der Waals surface area contributed by atoms with Gasteiger partial charge in [-0.1, -0.05) is 31.2 Å². The molecule has 0 aromatic rings. The Labute approximate surface area is 106 Å². The molecule has 0 fully saturated rings. The predicted octanol–water partition coefficient (Wildman–Crippen LogP) is 3.92. The molecule has 0 aliphatic rings. The van der Waals surface area contributed by atoms with Crippen molar-refractivity contribution in [3.05, 3.63) is 24.3 Å². The second kappa shape index (κ2) is 7.15. The van der Waals surface area contributed by atoms with Gasteiger partial charge in [-0.25, -0.2) is 4.79 Å². The molecule has 0 aliphatic heterocycles. The Morgan fingerprint density at radius 1 is 1.53 bits per heavy atom. The Hall–Kier alpha value is -1.25. The maximum atomic E-state index is 11.4. The third-order valence-corrected chi connectivity index (χ3v) is 2.08. The number of ether oxygens (including phenoxy) is 1. The summed E-state index contributed by atoms with van der Waals surface area (Å²) in [4.78, 5) is 11.4. The molecule has 0 aromatic heterocycles. The first-order valence-electron chi connectivity index (χ1n) is 6.05. The maximum absolute atomic E-state index is 11.4. The van der Waals surface area contributed by atoms with Crippen molar-refractivity contribution in [3.63, 3.8) is 0 Å². The first-order chi connectivity index (χ1) is 7.74. The molecule has 1 N–H and O–H groups in total. The molecule has 0 bridgehead atoms. The molecule has 0 saturated heterocycles. The molecule has 0 saturated carbocycles. The Kier molecular flexibility index (Phi) is 6.62. The van der Waals surface area contributed by atoms with Crippen molar-refractivity contribution in [2.45, 2.75) is 46.6 Å². The fourth-order valence-corrected chi connectivity index (χ4v) is 1.18. The Morgan fingerprint density at radius 2 is 2.12 bits per heavy atom. The van der Waals surface area contributed by atoms with Gasteiger partial charge in [-0.3, -0.25) is 0 Å². The normalized spacial score (nSPS) is 13.5. The molecule has 100 valence electrons. The number of carbonyl (C=O) groups excluding carboxylic acids is 1. The van der Waals surface area contributed by atoms with Crippen LogP contribution in [0.2, 0.25) is 0 Å². The van der Waals surface area contributed by atoms with E-state index in [1.54, 1.807) is 0 Å². The summed E-state index contributed by atoms with van der Waals surface area (Å²) in [5, 5.41) is 2.77. The average Bonchev–Trinajstić information content (AvgIpc) is 2.14. The van der Waals surface area contributed by atoms with E-state index < -0.39 is 5.60 Å². The van der Waals surface area contributed by atoms with Crippen molar-refractivity contribution < 1.29 is 11.0 Å². The van der Waals surface area contributed by atoms with Crippen molar-refractivity contribution in [3.8, 4) is 0 Å². The Bertz CT molecular complexity index is 293. The third kappa shape index (κ3) is 9.67. The van der Waals surface area contributed by atoms with Crippen LogP contribution in [0.25, 0.3) is 0 Å². The SMILES string of the molecule is C=C(C)/C=C\C(CC)CNC(=O)OC(C)(C)C.[HH]. The molecule has 0 aliphatic carbocycles. The number of carbonyl (C=O) groups is 1. The molecule has 3 nitrogen and oxygen atoms in total. The minimum Gasteiger partial charge on any atom is -0.444 e. The van der Waals surface area contributed by atoms with E-state index in [1.165, 1.54) is 0 Å². The van der Waals surface area contributed by atoms with Gasteiger partial charge in [0.25, 0.3) is 0 Å². The number of nitrogens with one attached hydrogen (secondary N) is 1. The van der Waals surface area contributed by atoms with Crippen LogP contribution in [0.15, 0.2) is 24.3 Å². The molecule has 0 spiro atoms. The lowest BCUT2D eigenvalue weighted by atomic mass is 10.1. The predicted molar refractivity (Wildman–Crippen MR) is 74.1 cm³/mol. The fourth-order valence-electron chi connectivity index (χ4n) is 1.18. The number of alkyl carbamates (subject to hydrolysis) is 1. The van der Waals surface area contributed by atoms with Gasteiger partial charge >= 0.3 is 6.09 Å². The van der Waals surface area contributed by atoms with Crippen LogP contribution in [0, 0.1) is 5.92 Å². The van der Waals surface area contributed by atoms with Gasteiger partial charge in [0.15, 0.2) is 0 Å². The lowest BCUT2D eigenvalue weighted by molar-refractivity contribution is 0.0522. The summed E-state index contributed by atoms with van der Waals surface area (Å²) < 4.78 is 5.17. The van der Waals surface area contributed by atoms with Crippen molar-refractivity contribution >= 4 is 6.09 Å². The van der Waals surface area contributed by atoms with E-state index in [9.17, 15) is 4.79 Å².